The van der Waals surface area contributed by atoms with Crippen molar-refractivity contribution in [2.45, 2.75) is 18.9 Å². The fourth-order valence-corrected chi connectivity index (χ4v) is 1.73. The highest BCUT2D eigenvalue weighted by Gasteiger charge is 2.22. The number of nitrogens with two attached hydrogens (primary N) is 1. The summed E-state index contributed by atoms with van der Waals surface area (Å²) in [5.74, 6) is -0.368. The Labute approximate surface area is 89.2 Å². The Morgan fingerprint density at radius 3 is 2.87 bits per heavy atom. The number of rotatable bonds is 3. The van der Waals surface area contributed by atoms with Crippen LogP contribution in [0.1, 0.15) is 12.8 Å². The van der Waals surface area contributed by atoms with Crippen LogP contribution in [-0.2, 0) is 4.79 Å². The Kier molecular flexibility index (Phi) is 4.36. The van der Waals surface area contributed by atoms with Crippen molar-refractivity contribution in [1.82, 2.24) is 15.5 Å². The maximum atomic E-state index is 11.3. The minimum Gasteiger partial charge on any atom is -0.369 e. The van der Waals surface area contributed by atoms with E-state index in [-0.39, 0.29) is 24.5 Å². The second-order valence-electron chi connectivity index (χ2n) is 3.69. The van der Waals surface area contributed by atoms with Crippen molar-refractivity contribution in [3.63, 3.8) is 0 Å². The van der Waals surface area contributed by atoms with Crippen LogP contribution in [-0.4, -0.2) is 49.6 Å². The molecule has 1 atom stereocenters. The van der Waals surface area contributed by atoms with Gasteiger partial charge in [-0.25, -0.2) is 4.79 Å². The Morgan fingerprint density at radius 2 is 2.27 bits per heavy atom. The molecular weight excluding hydrogens is 196 g/mol. The molecule has 1 rings (SSSR count). The molecule has 0 aliphatic carbocycles. The third-order valence-corrected chi connectivity index (χ3v) is 2.49. The average Bonchev–Trinajstić information content (AvgIpc) is 2.25. The van der Waals surface area contributed by atoms with E-state index in [4.69, 9.17) is 5.73 Å². The molecule has 0 radical (unpaired) electrons. The van der Waals surface area contributed by atoms with Gasteiger partial charge in [-0.1, -0.05) is 0 Å². The lowest BCUT2D eigenvalue weighted by atomic mass is 10.1. The summed E-state index contributed by atoms with van der Waals surface area (Å²) in [7, 11) is 1.61. The van der Waals surface area contributed by atoms with E-state index in [1.54, 1.807) is 11.9 Å². The number of primary amides is 1. The smallest absolute Gasteiger partial charge is 0.317 e. The van der Waals surface area contributed by atoms with Crippen LogP contribution in [0.4, 0.5) is 4.79 Å². The molecular formula is C9H18N4O2. The molecule has 1 aliphatic heterocycles. The molecule has 15 heavy (non-hydrogen) atoms. The molecule has 0 aromatic rings. The lowest BCUT2D eigenvalue weighted by molar-refractivity contribution is -0.117. The van der Waals surface area contributed by atoms with Gasteiger partial charge in [-0.15, -0.1) is 0 Å². The molecule has 1 heterocycles. The number of carbonyl (C=O) groups is 2. The predicted molar refractivity (Wildman–Crippen MR) is 56.2 cm³/mol. The van der Waals surface area contributed by atoms with Gasteiger partial charge in [-0.3, -0.25) is 4.79 Å². The number of hydrogen-bond acceptors (Lipinski definition) is 3. The number of piperidine rings is 1. The van der Waals surface area contributed by atoms with Crippen LogP contribution in [0.15, 0.2) is 0 Å². The van der Waals surface area contributed by atoms with Crippen LogP contribution >= 0.6 is 0 Å². The van der Waals surface area contributed by atoms with E-state index >= 15 is 0 Å². The second kappa shape index (κ2) is 5.55. The normalized spacial score (nSPS) is 21.1. The molecule has 1 aliphatic rings. The van der Waals surface area contributed by atoms with Crippen molar-refractivity contribution in [1.29, 1.82) is 0 Å². The largest absolute Gasteiger partial charge is 0.369 e. The van der Waals surface area contributed by atoms with Gasteiger partial charge >= 0.3 is 6.03 Å². The minimum absolute atomic E-state index is 0.0689. The van der Waals surface area contributed by atoms with Crippen LogP contribution in [0.25, 0.3) is 0 Å². The first kappa shape index (κ1) is 11.8. The zero-order valence-electron chi connectivity index (χ0n) is 8.95. The first-order valence-corrected chi connectivity index (χ1v) is 5.12. The van der Waals surface area contributed by atoms with Crippen molar-refractivity contribution in [2.24, 2.45) is 5.73 Å². The van der Waals surface area contributed by atoms with Gasteiger partial charge in [-0.2, -0.15) is 0 Å². The van der Waals surface area contributed by atoms with E-state index in [0.717, 1.165) is 19.4 Å². The number of carbonyl (C=O) groups excluding carboxylic acids is 2. The summed E-state index contributed by atoms with van der Waals surface area (Å²) in [6, 6.07) is 0.101. The highest BCUT2D eigenvalue weighted by atomic mass is 16.2. The second-order valence-corrected chi connectivity index (χ2v) is 3.69. The van der Waals surface area contributed by atoms with Crippen LogP contribution in [0.2, 0.25) is 0 Å². The number of amides is 3. The summed E-state index contributed by atoms with van der Waals surface area (Å²) >= 11 is 0. The van der Waals surface area contributed by atoms with Crippen LogP contribution in [0, 0.1) is 0 Å². The lowest BCUT2D eigenvalue weighted by Gasteiger charge is -2.32. The van der Waals surface area contributed by atoms with Gasteiger partial charge in [0.25, 0.3) is 0 Å². The Balaban J connectivity index is 2.35. The quantitative estimate of drug-likeness (QED) is 0.555. The summed E-state index contributed by atoms with van der Waals surface area (Å²) in [5.41, 5.74) is 5.04. The highest BCUT2D eigenvalue weighted by Crippen LogP contribution is 2.09. The van der Waals surface area contributed by atoms with Gasteiger partial charge in [0.15, 0.2) is 0 Å². The highest BCUT2D eigenvalue weighted by molar-refractivity contribution is 5.76. The third kappa shape index (κ3) is 3.75. The summed E-state index contributed by atoms with van der Waals surface area (Å²) < 4.78 is 0. The number of nitrogens with one attached hydrogen (secondary N) is 2. The van der Waals surface area contributed by atoms with E-state index in [1.807, 2.05) is 0 Å². The molecule has 0 aromatic carbocycles. The number of likely N-dealkylation sites (tertiary alicyclic amines) is 1. The summed E-state index contributed by atoms with van der Waals surface area (Å²) in [5, 5.41) is 5.62. The van der Waals surface area contributed by atoms with Crippen molar-refractivity contribution in [3.05, 3.63) is 0 Å². The molecule has 0 aromatic heterocycles. The molecule has 4 N–H and O–H groups in total. The molecule has 1 unspecified atom stereocenters. The Bertz CT molecular complexity index is 244. The summed E-state index contributed by atoms with van der Waals surface area (Å²) in [4.78, 5) is 23.7. The average molecular weight is 214 g/mol. The van der Waals surface area contributed by atoms with E-state index in [0.29, 0.717) is 6.54 Å². The fraction of sp³-hybridized carbons (Fsp3) is 0.778. The van der Waals surface area contributed by atoms with Crippen molar-refractivity contribution in [3.8, 4) is 0 Å². The maximum absolute atomic E-state index is 11.3. The maximum Gasteiger partial charge on any atom is 0.317 e. The van der Waals surface area contributed by atoms with Crippen molar-refractivity contribution < 1.29 is 9.59 Å². The third-order valence-electron chi connectivity index (χ3n) is 2.49. The van der Waals surface area contributed by atoms with Gasteiger partial charge in [0.2, 0.25) is 5.91 Å². The van der Waals surface area contributed by atoms with Crippen molar-refractivity contribution in [2.75, 3.05) is 26.7 Å². The van der Waals surface area contributed by atoms with E-state index in [9.17, 15) is 9.59 Å². The zero-order chi connectivity index (χ0) is 11.3. The van der Waals surface area contributed by atoms with E-state index < -0.39 is 0 Å². The molecule has 0 spiro atoms. The molecule has 0 bridgehead atoms. The molecule has 1 saturated heterocycles. The van der Waals surface area contributed by atoms with Crippen LogP contribution < -0.4 is 16.4 Å². The number of hydrogen-bond donors (Lipinski definition) is 3. The first-order valence-electron chi connectivity index (χ1n) is 5.12. The van der Waals surface area contributed by atoms with Gasteiger partial charge in [0.1, 0.15) is 0 Å². The van der Waals surface area contributed by atoms with Gasteiger partial charge in [-0.05, 0) is 12.8 Å². The molecule has 86 valence electrons. The Morgan fingerprint density at radius 1 is 1.53 bits per heavy atom. The standard InChI is InChI=1S/C9H18N4O2/c1-11-9(15)13-4-2-3-7(6-13)12-5-8(10)14/h7,12H,2-6H2,1H3,(H2,10,14)(H,11,15). The Hall–Kier alpha value is -1.30. The molecule has 6 heteroatoms. The van der Waals surface area contributed by atoms with Crippen LogP contribution in [0.5, 0.6) is 0 Å². The summed E-state index contributed by atoms with van der Waals surface area (Å²) in [6.07, 6.45) is 1.92. The topological polar surface area (TPSA) is 87.5 Å². The summed E-state index contributed by atoms with van der Waals surface area (Å²) in [6.45, 7) is 1.58. The number of nitrogens with zero attached hydrogens (tertiary/aromatic N) is 1. The molecule has 0 saturated carbocycles. The van der Waals surface area contributed by atoms with Gasteiger partial charge in [0.05, 0.1) is 6.54 Å². The monoisotopic (exact) mass is 214 g/mol. The van der Waals surface area contributed by atoms with Gasteiger partial charge < -0.3 is 21.3 Å². The zero-order valence-corrected chi connectivity index (χ0v) is 8.95. The number of urea groups is 1. The SMILES string of the molecule is CNC(=O)N1CCCC(NCC(N)=O)C1. The van der Waals surface area contributed by atoms with Crippen LogP contribution in [0.3, 0.4) is 0 Å². The fourth-order valence-electron chi connectivity index (χ4n) is 1.73. The molecule has 6 nitrogen and oxygen atoms in total. The van der Waals surface area contributed by atoms with Crippen molar-refractivity contribution >= 4 is 11.9 Å². The van der Waals surface area contributed by atoms with E-state index in [2.05, 4.69) is 10.6 Å². The van der Waals surface area contributed by atoms with Gasteiger partial charge in [0, 0.05) is 26.2 Å². The van der Waals surface area contributed by atoms with E-state index in [1.165, 1.54) is 0 Å². The minimum atomic E-state index is -0.368. The molecule has 3 amide bonds. The first-order chi connectivity index (χ1) is 7.13. The molecule has 1 fully saturated rings. The lowest BCUT2D eigenvalue weighted by Crippen LogP contribution is -2.51. The predicted octanol–water partition coefficient (Wildman–Crippen LogP) is -1.13.